The highest BCUT2D eigenvalue weighted by atomic mass is 35.5. The summed E-state index contributed by atoms with van der Waals surface area (Å²) in [6, 6.07) is 3.69. The van der Waals surface area contributed by atoms with E-state index in [4.69, 9.17) is 22.1 Å². The van der Waals surface area contributed by atoms with Gasteiger partial charge in [-0.15, -0.1) is 0 Å². The molecule has 0 saturated heterocycles. The second-order valence-electron chi connectivity index (χ2n) is 3.57. The van der Waals surface area contributed by atoms with Crippen molar-refractivity contribution in [2.24, 2.45) is 5.73 Å². The summed E-state index contributed by atoms with van der Waals surface area (Å²) in [5, 5.41) is 9.99. The molecule has 0 aliphatic carbocycles. The minimum absolute atomic E-state index is 0.200. The third kappa shape index (κ3) is 3.38. The number of aliphatic hydroxyl groups is 1. The van der Waals surface area contributed by atoms with E-state index in [0.29, 0.717) is 5.75 Å². The molecule has 0 aliphatic heterocycles. The molecule has 0 fully saturated rings. The first kappa shape index (κ1) is 12.3. The normalized spacial score (nSPS) is 12.6. The molecule has 1 aromatic carbocycles. The Hall–Kier alpha value is -0.770. The van der Waals surface area contributed by atoms with Gasteiger partial charge in [-0.1, -0.05) is 11.6 Å². The van der Waals surface area contributed by atoms with Crippen molar-refractivity contribution < 1.29 is 9.84 Å². The molecule has 0 heterocycles. The van der Waals surface area contributed by atoms with Gasteiger partial charge in [0.2, 0.25) is 0 Å². The Bertz CT molecular complexity index is 318. The van der Waals surface area contributed by atoms with Crippen LogP contribution in [0.3, 0.4) is 0 Å². The van der Waals surface area contributed by atoms with Gasteiger partial charge in [0.25, 0.3) is 0 Å². The molecule has 1 rings (SSSR count). The Morgan fingerprint density at radius 1 is 1.40 bits per heavy atom. The van der Waals surface area contributed by atoms with Crippen LogP contribution < -0.4 is 10.5 Å². The van der Waals surface area contributed by atoms with Gasteiger partial charge in [0.1, 0.15) is 18.5 Å². The maximum absolute atomic E-state index is 9.24. The van der Waals surface area contributed by atoms with E-state index in [2.05, 4.69) is 0 Å². The van der Waals surface area contributed by atoms with E-state index in [-0.39, 0.29) is 13.2 Å². The van der Waals surface area contributed by atoms with E-state index in [9.17, 15) is 5.11 Å². The zero-order chi connectivity index (χ0) is 11.4. The maximum atomic E-state index is 9.24. The van der Waals surface area contributed by atoms with Crippen LogP contribution in [0.25, 0.3) is 0 Å². The van der Waals surface area contributed by atoms with Crippen LogP contribution >= 0.6 is 11.6 Å². The van der Waals surface area contributed by atoms with E-state index in [1.807, 2.05) is 26.0 Å². The molecule has 4 heteroatoms. The summed E-state index contributed by atoms with van der Waals surface area (Å²) >= 11 is 6.01. The van der Waals surface area contributed by atoms with E-state index in [1.165, 1.54) is 0 Å². The second kappa shape index (κ2) is 5.35. The fourth-order valence-electron chi connectivity index (χ4n) is 1.25. The number of ether oxygens (including phenoxy) is 1. The summed E-state index contributed by atoms with van der Waals surface area (Å²) in [6.45, 7) is 4.24. The number of nitrogens with two attached hydrogens (primary N) is 1. The van der Waals surface area contributed by atoms with E-state index < -0.39 is 6.10 Å². The SMILES string of the molecule is Cc1cc(OCC(O)CN)cc(C)c1Cl. The average molecular weight is 230 g/mol. The summed E-state index contributed by atoms with van der Waals surface area (Å²) in [4.78, 5) is 0. The first-order valence-electron chi connectivity index (χ1n) is 4.82. The molecule has 3 nitrogen and oxygen atoms in total. The largest absolute Gasteiger partial charge is 0.491 e. The van der Waals surface area contributed by atoms with Gasteiger partial charge in [0.15, 0.2) is 0 Å². The Morgan fingerprint density at radius 2 is 1.93 bits per heavy atom. The van der Waals surface area contributed by atoms with Crippen molar-refractivity contribution in [3.05, 3.63) is 28.3 Å². The Kier molecular flexibility index (Phi) is 4.39. The number of benzene rings is 1. The van der Waals surface area contributed by atoms with Gasteiger partial charge in [-0.2, -0.15) is 0 Å². The lowest BCUT2D eigenvalue weighted by atomic mass is 10.1. The zero-order valence-corrected chi connectivity index (χ0v) is 9.71. The number of aryl methyl sites for hydroxylation is 2. The summed E-state index contributed by atoms with van der Waals surface area (Å²) in [7, 11) is 0. The van der Waals surface area contributed by atoms with Crippen LogP contribution in [-0.4, -0.2) is 24.4 Å². The molecule has 0 amide bonds. The highest BCUT2D eigenvalue weighted by molar-refractivity contribution is 6.32. The van der Waals surface area contributed by atoms with Crippen molar-refractivity contribution in [3.8, 4) is 5.75 Å². The van der Waals surface area contributed by atoms with Crippen molar-refractivity contribution in [1.82, 2.24) is 0 Å². The first-order valence-corrected chi connectivity index (χ1v) is 5.20. The average Bonchev–Trinajstić information content (AvgIpc) is 2.22. The van der Waals surface area contributed by atoms with Gasteiger partial charge in [-0.25, -0.2) is 0 Å². The molecule has 0 spiro atoms. The van der Waals surface area contributed by atoms with E-state index >= 15 is 0 Å². The van der Waals surface area contributed by atoms with Crippen LogP contribution in [0.5, 0.6) is 5.75 Å². The second-order valence-corrected chi connectivity index (χ2v) is 3.95. The van der Waals surface area contributed by atoms with Crippen molar-refractivity contribution in [1.29, 1.82) is 0 Å². The molecule has 3 N–H and O–H groups in total. The number of hydrogen-bond acceptors (Lipinski definition) is 3. The van der Waals surface area contributed by atoms with Crippen LogP contribution in [-0.2, 0) is 0 Å². The topological polar surface area (TPSA) is 55.5 Å². The maximum Gasteiger partial charge on any atom is 0.120 e. The van der Waals surface area contributed by atoms with Crippen molar-refractivity contribution in [2.45, 2.75) is 20.0 Å². The standard InChI is InChI=1S/C11H16ClNO2/c1-7-3-10(4-8(2)11(7)12)15-6-9(14)5-13/h3-4,9,14H,5-6,13H2,1-2H3. The van der Waals surface area contributed by atoms with Crippen molar-refractivity contribution in [2.75, 3.05) is 13.2 Å². The minimum atomic E-state index is -0.624. The predicted octanol–water partition coefficient (Wildman–Crippen LogP) is 1.66. The number of aliphatic hydroxyl groups excluding tert-OH is 1. The minimum Gasteiger partial charge on any atom is -0.491 e. The Morgan fingerprint density at radius 3 is 2.40 bits per heavy atom. The van der Waals surface area contributed by atoms with Gasteiger partial charge in [-0.05, 0) is 37.1 Å². The van der Waals surface area contributed by atoms with Gasteiger partial charge in [0.05, 0.1) is 0 Å². The third-order valence-electron chi connectivity index (χ3n) is 2.12. The lowest BCUT2D eigenvalue weighted by Gasteiger charge is -2.12. The number of halogens is 1. The number of hydrogen-bond donors (Lipinski definition) is 2. The lowest BCUT2D eigenvalue weighted by Crippen LogP contribution is -2.26. The van der Waals surface area contributed by atoms with Gasteiger partial charge < -0.3 is 15.6 Å². The molecule has 0 bridgehead atoms. The summed E-state index contributed by atoms with van der Waals surface area (Å²) < 4.78 is 5.39. The predicted molar refractivity (Wildman–Crippen MR) is 61.5 cm³/mol. The van der Waals surface area contributed by atoms with Crippen molar-refractivity contribution >= 4 is 11.6 Å². The molecule has 0 radical (unpaired) electrons. The van der Waals surface area contributed by atoms with Gasteiger partial charge in [-0.3, -0.25) is 0 Å². The quantitative estimate of drug-likeness (QED) is 0.826. The zero-order valence-electron chi connectivity index (χ0n) is 8.96. The summed E-state index contributed by atoms with van der Waals surface area (Å²) in [5.74, 6) is 0.710. The van der Waals surface area contributed by atoms with E-state index in [0.717, 1.165) is 16.1 Å². The molecule has 1 aromatic rings. The fourth-order valence-corrected chi connectivity index (χ4v) is 1.36. The Labute approximate surface area is 94.8 Å². The monoisotopic (exact) mass is 229 g/mol. The summed E-state index contributed by atoms with van der Waals surface area (Å²) in [6.07, 6.45) is -0.624. The molecule has 0 aliphatic rings. The van der Waals surface area contributed by atoms with Gasteiger partial charge in [0, 0.05) is 11.6 Å². The lowest BCUT2D eigenvalue weighted by molar-refractivity contribution is 0.114. The van der Waals surface area contributed by atoms with Crippen molar-refractivity contribution in [3.63, 3.8) is 0 Å². The molecule has 0 aromatic heterocycles. The third-order valence-corrected chi connectivity index (χ3v) is 2.72. The Balaban J connectivity index is 2.70. The van der Waals surface area contributed by atoms with Gasteiger partial charge >= 0.3 is 0 Å². The molecule has 1 atom stereocenters. The molecular weight excluding hydrogens is 214 g/mol. The number of rotatable bonds is 4. The van der Waals surface area contributed by atoms with Crippen LogP contribution in [0.15, 0.2) is 12.1 Å². The smallest absolute Gasteiger partial charge is 0.120 e. The van der Waals surface area contributed by atoms with Crippen LogP contribution in [0.2, 0.25) is 5.02 Å². The molecule has 1 unspecified atom stereocenters. The van der Waals surface area contributed by atoms with E-state index in [1.54, 1.807) is 0 Å². The highest BCUT2D eigenvalue weighted by Gasteiger charge is 2.06. The fraction of sp³-hybridized carbons (Fsp3) is 0.455. The molecule has 15 heavy (non-hydrogen) atoms. The highest BCUT2D eigenvalue weighted by Crippen LogP contribution is 2.25. The molecule has 84 valence electrons. The molecular formula is C11H16ClNO2. The first-order chi connectivity index (χ1) is 7.04. The summed E-state index contributed by atoms with van der Waals surface area (Å²) in [5.41, 5.74) is 7.20. The molecule has 0 saturated carbocycles. The van der Waals surface area contributed by atoms with Crippen LogP contribution in [0, 0.1) is 13.8 Å². The van der Waals surface area contributed by atoms with Crippen LogP contribution in [0.1, 0.15) is 11.1 Å². The van der Waals surface area contributed by atoms with Crippen LogP contribution in [0.4, 0.5) is 0 Å².